The molecule has 2 N–H and O–H groups in total. The zero-order valence-corrected chi connectivity index (χ0v) is 10.9. The summed E-state index contributed by atoms with van der Waals surface area (Å²) in [7, 11) is 0. The second-order valence-electron chi connectivity index (χ2n) is 5.31. The predicted molar refractivity (Wildman–Crippen MR) is 70.9 cm³/mol. The third-order valence-electron chi connectivity index (χ3n) is 3.97. The Morgan fingerprint density at radius 2 is 2.42 bits per heavy atom. The lowest BCUT2D eigenvalue weighted by molar-refractivity contribution is 0.0484. The number of hydrogen-bond acceptors (Lipinski definition) is 3. The second kappa shape index (κ2) is 4.74. The van der Waals surface area contributed by atoms with Crippen LogP contribution in [-0.4, -0.2) is 40.1 Å². The van der Waals surface area contributed by atoms with Gasteiger partial charge in [0.05, 0.1) is 11.8 Å². The Balaban J connectivity index is 1.83. The number of aromatic nitrogens is 1. The van der Waals surface area contributed by atoms with Crippen molar-refractivity contribution < 1.29 is 14.3 Å². The molecule has 2 unspecified atom stereocenters. The molecule has 0 radical (unpaired) electrons. The highest BCUT2D eigenvalue weighted by Crippen LogP contribution is 2.24. The van der Waals surface area contributed by atoms with Crippen LogP contribution in [0.25, 0.3) is 11.1 Å². The number of piperidine rings is 1. The number of nitrogens with one attached hydrogen (secondary N) is 1. The molecule has 2 aromatic rings. The molecule has 3 heterocycles. The van der Waals surface area contributed by atoms with Crippen LogP contribution in [0.3, 0.4) is 0 Å². The van der Waals surface area contributed by atoms with E-state index in [-0.39, 0.29) is 24.5 Å². The number of likely N-dealkylation sites (tertiary alicyclic amines) is 1. The van der Waals surface area contributed by atoms with Crippen LogP contribution in [0.15, 0.2) is 22.8 Å². The predicted octanol–water partition coefficient (Wildman–Crippen LogP) is 1.99. The molecule has 2 aromatic heterocycles. The van der Waals surface area contributed by atoms with Gasteiger partial charge in [0.2, 0.25) is 0 Å². The van der Waals surface area contributed by atoms with Gasteiger partial charge in [-0.05, 0) is 25.7 Å². The van der Waals surface area contributed by atoms with Crippen molar-refractivity contribution in [3.05, 3.63) is 24.1 Å². The van der Waals surface area contributed by atoms with E-state index in [2.05, 4.69) is 11.9 Å². The van der Waals surface area contributed by atoms with E-state index in [9.17, 15) is 9.90 Å². The molecule has 1 aliphatic heterocycles. The van der Waals surface area contributed by atoms with Crippen molar-refractivity contribution in [1.82, 2.24) is 9.88 Å². The summed E-state index contributed by atoms with van der Waals surface area (Å²) in [5.74, 6) is 0.176. The van der Waals surface area contributed by atoms with Crippen LogP contribution in [0.5, 0.6) is 0 Å². The average molecular weight is 262 g/mol. The summed E-state index contributed by atoms with van der Waals surface area (Å²) in [6.07, 6.45) is 3.52. The Morgan fingerprint density at radius 3 is 3.16 bits per heavy atom. The van der Waals surface area contributed by atoms with Gasteiger partial charge in [0.1, 0.15) is 5.69 Å². The standard InChI is InChI=1S/C14H18N2O3/c1-9-2-3-10(8-17)7-16(9)14(18)12-6-13-11(15-12)4-5-19-13/h4-6,9-10,15,17H,2-3,7-8H2,1H3. The van der Waals surface area contributed by atoms with E-state index < -0.39 is 0 Å². The van der Waals surface area contributed by atoms with Gasteiger partial charge >= 0.3 is 0 Å². The van der Waals surface area contributed by atoms with Crippen LogP contribution in [0.1, 0.15) is 30.3 Å². The van der Waals surface area contributed by atoms with Crippen molar-refractivity contribution in [1.29, 1.82) is 0 Å². The molecule has 3 rings (SSSR count). The molecule has 0 bridgehead atoms. The van der Waals surface area contributed by atoms with Crippen molar-refractivity contribution in [2.75, 3.05) is 13.2 Å². The van der Waals surface area contributed by atoms with E-state index in [1.807, 2.05) is 11.0 Å². The lowest BCUT2D eigenvalue weighted by Crippen LogP contribution is -2.46. The van der Waals surface area contributed by atoms with Crippen LogP contribution in [0.2, 0.25) is 0 Å². The Morgan fingerprint density at radius 1 is 1.58 bits per heavy atom. The van der Waals surface area contributed by atoms with Crippen LogP contribution in [-0.2, 0) is 0 Å². The maximum Gasteiger partial charge on any atom is 0.270 e. The maximum absolute atomic E-state index is 12.5. The molecule has 0 saturated carbocycles. The molecule has 2 atom stereocenters. The molecular weight excluding hydrogens is 244 g/mol. The summed E-state index contributed by atoms with van der Waals surface area (Å²) in [6.45, 7) is 2.82. The van der Waals surface area contributed by atoms with E-state index in [4.69, 9.17) is 4.42 Å². The summed E-state index contributed by atoms with van der Waals surface area (Å²) in [5, 5.41) is 9.27. The third kappa shape index (κ3) is 2.14. The molecule has 0 aliphatic carbocycles. The van der Waals surface area contributed by atoms with Crippen molar-refractivity contribution in [2.45, 2.75) is 25.8 Å². The Hall–Kier alpha value is -1.75. The number of aromatic amines is 1. The van der Waals surface area contributed by atoms with Crippen molar-refractivity contribution in [3.63, 3.8) is 0 Å². The molecule has 19 heavy (non-hydrogen) atoms. The Labute approximate surface area is 111 Å². The van der Waals surface area contributed by atoms with Crippen LogP contribution in [0, 0.1) is 5.92 Å². The number of carbonyl (C=O) groups is 1. The number of H-pyrrole nitrogens is 1. The number of rotatable bonds is 2. The van der Waals surface area contributed by atoms with Gasteiger partial charge in [-0.2, -0.15) is 0 Å². The first-order valence-corrected chi connectivity index (χ1v) is 6.67. The average Bonchev–Trinajstić information content (AvgIpc) is 2.99. The zero-order valence-electron chi connectivity index (χ0n) is 10.9. The molecule has 0 aromatic carbocycles. The van der Waals surface area contributed by atoms with Crippen molar-refractivity contribution >= 4 is 17.0 Å². The maximum atomic E-state index is 12.5. The number of hydrogen-bond donors (Lipinski definition) is 2. The van der Waals surface area contributed by atoms with E-state index in [0.29, 0.717) is 17.8 Å². The van der Waals surface area contributed by atoms with Gasteiger partial charge in [0.25, 0.3) is 5.91 Å². The molecule has 5 nitrogen and oxygen atoms in total. The largest absolute Gasteiger partial charge is 0.463 e. The summed E-state index contributed by atoms with van der Waals surface area (Å²) >= 11 is 0. The molecule has 102 valence electrons. The minimum absolute atomic E-state index is 0.0166. The third-order valence-corrected chi connectivity index (χ3v) is 3.97. The highest BCUT2D eigenvalue weighted by Gasteiger charge is 2.30. The van der Waals surface area contributed by atoms with Gasteiger partial charge in [0, 0.05) is 31.3 Å². The number of aliphatic hydroxyl groups is 1. The van der Waals surface area contributed by atoms with E-state index >= 15 is 0 Å². The van der Waals surface area contributed by atoms with Gasteiger partial charge in [-0.1, -0.05) is 0 Å². The molecule has 1 aliphatic rings. The number of carbonyl (C=O) groups excluding carboxylic acids is 1. The van der Waals surface area contributed by atoms with Crippen molar-refractivity contribution in [2.24, 2.45) is 5.92 Å². The molecule has 1 amide bonds. The summed E-state index contributed by atoms with van der Waals surface area (Å²) in [5.41, 5.74) is 2.10. The Kier molecular flexibility index (Phi) is 3.06. The van der Waals surface area contributed by atoms with Crippen LogP contribution < -0.4 is 0 Å². The minimum Gasteiger partial charge on any atom is -0.463 e. The number of fused-ring (bicyclic) bond motifs is 1. The number of amides is 1. The molecule has 0 spiro atoms. The van der Waals surface area contributed by atoms with Crippen molar-refractivity contribution in [3.8, 4) is 0 Å². The minimum atomic E-state index is -0.0166. The van der Waals surface area contributed by atoms with E-state index in [0.717, 1.165) is 18.4 Å². The van der Waals surface area contributed by atoms with E-state index in [1.54, 1.807) is 12.3 Å². The first-order valence-electron chi connectivity index (χ1n) is 6.67. The Bertz CT molecular complexity index is 558. The van der Waals surface area contributed by atoms with E-state index in [1.165, 1.54) is 0 Å². The molecule has 1 saturated heterocycles. The highest BCUT2D eigenvalue weighted by atomic mass is 16.3. The smallest absolute Gasteiger partial charge is 0.270 e. The second-order valence-corrected chi connectivity index (χ2v) is 5.31. The van der Waals surface area contributed by atoms with Gasteiger partial charge in [-0.25, -0.2) is 0 Å². The molecule has 1 fully saturated rings. The van der Waals surface area contributed by atoms with Gasteiger partial charge < -0.3 is 19.4 Å². The number of aliphatic hydroxyl groups excluding tert-OH is 1. The zero-order chi connectivity index (χ0) is 13.4. The van der Waals surface area contributed by atoms with Gasteiger partial charge in [0.15, 0.2) is 5.58 Å². The normalized spacial score (nSPS) is 24.0. The highest BCUT2D eigenvalue weighted by molar-refractivity contribution is 5.97. The summed E-state index contributed by atoms with van der Waals surface area (Å²) in [4.78, 5) is 17.4. The van der Waals surface area contributed by atoms with Crippen LogP contribution in [0.4, 0.5) is 0 Å². The molecular formula is C14H18N2O3. The lowest BCUT2D eigenvalue weighted by Gasteiger charge is -2.37. The fourth-order valence-corrected chi connectivity index (χ4v) is 2.73. The number of furan rings is 1. The van der Waals surface area contributed by atoms with Gasteiger partial charge in [-0.15, -0.1) is 0 Å². The van der Waals surface area contributed by atoms with Gasteiger partial charge in [-0.3, -0.25) is 4.79 Å². The summed E-state index contributed by atoms with van der Waals surface area (Å²) in [6, 6.07) is 3.76. The number of nitrogens with zero attached hydrogens (tertiary/aromatic N) is 1. The first-order chi connectivity index (χ1) is 9.19. The fourth-order valence-electron chi connectivity index (χ4n) is 2.73. The summed E-state index contributed by atoms with van der Waals surface area (Å²) < 4.78 is 5.26. The lowest BCUT2D eigenvalue weighted by atomic mass is 9.94. The monoisotopic (exact) mass is 262 g/mol. The fraction of sp³-hybridized carbons (Fsp3) is 0.500. The topological polar surface area (TPSA) is 69.5 Å². The molecule has 5 heteroatoms. The van der Waals surface area contributed by atoms with Crippen LogP contribution >= 0.6 is 0 Å². The quantitative estimate of drug-likeness (QED) is 0.869. The SMILES string of the molecule is CC1CCC(CO)CN1C(=O)c1cc2occc2[nH]1. The first kappa shape index (κ1) is 12.3.